The van der Waals surface area contributed by atoms with Crippen molar-refractivity contribution in [3.8, 4) is 0 Å². The minimum atomic E-state index is -0.288. The van der Waals surface area contributed by atoms with Crippen LogP contribution in [-0.2, 0) is 16.0 Å². The summed E-state index contributed by atoms with van der Waals surface area (Å²) in [5, 5.41) is 0. The Morgan fingerprint density at radius 3 is 2.27 bits per heavy atom. The van der Waals surface area contributed by atoms with E-state index in [1.165, 1.54) is 6.42 Å². The van der Waals surface area contributed by atoms with E-state index >= 15 is 0 Å². The van der Waals surface area contributed by atoms with Crippen molar-refractivity contribution in [1.29, 1.82) is 0 Å². The average molecular weight is 309 g/mol. The molecule has 0 aliphatic heterocycles. The summed E-state index contributed by atoms with van der Waals surface area (Å²) in [6.45, 7) is 15.6. The van der Waals surface area contributed by atoms with Crippen molar-refractivity contribution in [2.24, 2.45) is 0 Å². The van der Waals surface area contributed by atoms with Crippen LogP contribution in [0.4, 0.5) is 0 Å². The smallest absolute Gasteiger partial charge is 0.313 e. The van der Waals surface area contributed by atoms with Crippen LogP contribution in [0.1, 0.15) is 64.8 Å². The molecular weight excluding hydrogens is 278 g/mol. The summed E-state index contributed by atoms with van der Waals surface area (Å²) in [6.07, 6.45) is 7.94. The Hall–Kier alpha value is -1.84. The summed E-state index contributed by atoms with van der Waals surface area (Å²) in [5.41, 5.74) is 0.733. The highest BCUT2D eigenvalue weighted by Crippen LogP contribution is 2.12. The monoisotopic (exact) mass is 309 g/mol. The first-order valence-corrected chi connectivity index (χ1v) is 7.85. The number of aryl methyl sites for hydroxylation is 1. The van der Waals surface area contributed by atoms with Gasteiger partial charge in [0.05, 0.1) is 12.3 Å². The van der Waals surface area contributed by atoms with Crippen LogP contribution in [0.15, 0.2) is 23.1 Å². The molecule has 0 atom stereocenters. The van der Waals surface area contributed by atoms with Gasteiger partial charge in [0.15, 0.2) is 0 Å². The molecule has 126 valence electrons. The molecule has 0 spiro atoms. The van der Waals surface area contributed by atoms with E-state index in [9.17, 15) is 4.79 Å². The first kappa shape index (κ1) is 22.4. The molecule has 4 nitrogen and oxygen atoms in total. The number of allylic oxidation sites excluding steroid dienone is 2. The number of carbonyl (C=O) groups excluding carboxylic acids is 1. The molecule has 0 saturated heterocycles. The van der Waals surface area contributed by atoms with E-state index in [1.807, 2.05) is 26.0 Å². The summed E-state index contributed by atoms with van der Waals surface area (Å²) in [5.74, 6) is 0.805. The van der Waals surface area contributed by atoms with Crippen LogP contribution >= 0.6 is 0 Å². The molecule has 0 unspecified atom stereocenters. The number of ether oxygens (including phenoxy) is 1. The van der Waals surface area contributed by atoms with Crippen LogP contribution in [0.2, 0.25) is 0 Å². The Morgan fingerprint density at radius 2 is 1.86 bits per heavy atom. The van der Waals surface area contributed by atoms with Gasteiger partial charge in [0.2, 0.25) is 5.89 Å². The van der Waals surface area contributed by atoms with E-state index in [0.29, 0.717) is 18.3 Å². The number of oxazole rings is 1. The third kappa shape index (κ3) is 11.9. The van der Waals surface area contributed by atoms with Crippen LogP contribution in [0, 0.1) is 6.92 Å². The highest BCUT2D eigenvalue weighted by molar-refractivity contribution is 5.72. The topological polar surface area (TPSA) is 52.3 Å². The lowest BCUT2D eigenvalue weighted by Crippen LogP contribution is -2.07. The first-order valence-electron chi connectivity index (χ1n) is 7.85. The normalized spacial score (nSPS) is 9.36. The Bertz CT molecular complexity index is 434. The largest absolute Gasteiger partial charge is 0.466 e. The Labute approximate surface area is 135 Å². The molecule has 0 bridgehead atoms. The zero-order valence-corrected chi connectivity index (χ0v) is 14.9. The molecule has 0 aliphatic rings. The van der Waals surface area contributed by atoms with Gasteiger partial charge < -0.3 is 9.15 Å². The first-order chi connectivity index (χ1) is 10.5. The number of esters is 1. The third-order valence-electron chi connectivity index (χ3n) is 2.12. The molecule has 0 amide bonds. The van der Waals surface area contributed by atoms with Crippen molar-refractivity contribution in [2.75, 3.05) is 6.61 Å². The molecule has 1 heterocycles. The van der Waals surface area contributed by atoms with Crippen LogP contribution < -0.4 is 0 Å². The average Bonchev–Trinajstić information content (AvgIpc) is 2.80. The molecule has 0 fully saturated rings. The highest BCUT2D eigenvalue weighted by Gasteiger charge is 2.12. The third-order valence-corrected chi connectivity index (χ3v) is 2.12. The van der Waals surface area contributed by atoms with E-state index in [1.54, 1.807) is 13.0 Å². The molecule has 0 saturated carbocycles. The molecule has 1 aromatic heterocycles. The summed E-state index contributed by atoms with van der Waals surface area (Å²) >= 11 is 0. The molecule has 4 heteroatoms. The van der Waals surface area contributed by atoms with Crippen LogP contribution in [0.3, 0.4) is 0 Å². The fourth-order valence-electron chi connectivity index (χ4n) is 1.17. The van der Waals surface area contributed by atoms with Crippen molar-refractivity contribution in [3.05, 3.63) is 36.1 Å². The van der Waals surface area contributed by atoms with Crippen molar-refractivity contribution in [2.45, 2.75) is 60.8 Å². The molecule has 1 aromatic rings. The van der Waals surface area contributed by atoms with Crippen LogP contribution in [0.25, 0.3) is 6.08 Å². The van der Waals surface area contributed by atoms with Gasteiger partial charge >= 0.3 is 5.97 Å². The maximum atomic E-state index is 11.2. The lowest BCUT2D eigenvalue weighted by Gasteiger charge is -1.98. The number of rotatable bonds is 5. The summed E-state index contributed by atoms with van der Waals surface area (Å²) < 4.78 is 10.2. The van der Waals surface area contributed by atoms with Gasteiger partial charge in [0.1, 0.15) is 12.2 Å². The predicted octanol–water partition coefficient (Wildman–Crippen LogP) is 5.12. The van der Waals surface area contributed by atoms with Gasteiger partial charge in [-0.1, -0.05) is 39.3 Å². The van der Waals surface area contributed by atoms with Gasteiger partial charge in [-0.3, -0.25) is 4.79 Å². The van der Waals surface area contributed by atoms with Crippen molar-refractivity contribution >= 4 is 12.0 Å². The van der Waals surface area contributed by atoms with Gasteiger partial charge in [0.25, 0.3) is 0 Å². The van der Waals surface area contributed by atoms with Gasteiger partial charge in [-0.05, 0) is 33.3 Å². The van der Waals surface area contributed by atoms with Gasteiger partial charge in [0, 0.05) is 0 Å². The second-order valence-corrected chi connectivity index (χ2v) is 4.45. The zero-order chi connectivity index (χ0) is 17.4. The fraction of sp³-hybridized carbons (Fsp3) is 0.556. The van der Waals surface area contributed by atoms with E-state index in [-0.39, 0.29) is 12.4 Å². The number of hydrogen-bond donors (Lipinski definition) is 0. The predicted molar refractivity (Wildman–Crippen MR) is 92.7 cm³/mol. The maximum absolute atomic E-state index is 11.2. The van der Waals surface area contributed by atoms with E-state index in [2.05, 4.69) is 32.3 Å². The Morgan fingerprint density at radius 1 is 1.32 bits per heavy atom. The molecule has 0 radical (unpaired) electrons. The van der Waals surface area contributed by atoms with Crippen molar-refractivity contribution in [3.63, 3.8) is 0 Å². The number of aromatic nitrogens is 1. The summed E-state index contributed by atoms with van der Waals surface area (Å²) in [7, 11) is 0. The Kier molecular flexibility index (Phi) is 15.9. The lowest BCUT2D eigenvalue weighted by molar-refractivity contribution is -0.142. The van der Waals surface area contributed by atoms with Crippen LogP contribution in [-0.4, -0.2) is 17.6 Å². The summed E-state index contributed by atoms with van der Waals surface area (Å²) in [4.78, 5) is 15.4. The maximum Gasteiger partial charge on any atom is 0.313 e. The van der Waals surface area contributed by atoms with E-state index in [0.717, 1.165) is 12.1 Å². The zero-order valence-electron chi connectivity index (χ0n) is 14.9. The van der Waals surface area contributed by atoms with Crippen molar-refractivity contribution in [1.82, 2.24) is 4.98 Å². The van der Waals surface area contributed by atoms with Gasteiger partial charge in [-0.15, -0.1) is 6.58 Å². The number of carbonyl (C=O) groups is 1. The minimum absolute atomic E-state index is 0.143. The molecule has 0 N–H and O–H groups in total. The SMILES string of the molecule is C/C=C/c1nc(C)c(CC(=O)OCC)o1.C=CCC.CCC. The fourth-order valence-corrected chi connectivity index (χ4v) is 1.17. The lowest BCUT2D eigenvalue weighted by atomic mass is 10.3. The number of nitrogens with zero attached hydrogens (tertiary/aromatic N) is 1. The molecule has 22 heavy (non-hydrogen) atoms. The van der Waals surface area contributed by atoms with Crippen molar-refractivity contribution < 1.29 is 13.9 Å². The minimum Gasteiger partial charge on any atom is -0.466 e. The second kappa shape index (κ2) is 15.5. The standard InChI is InChI=1S/C11H15NO3.C4H8.C3H8/c1-4-6-10-12-8(3)9(15-10)7-11(13)14-5-2;1-3-4-2;1-3-2/h4,6H,5,7H2,1-3H3;3H,1,4H2,2H3;3H2,1-2H3/b6-4+;;. The molecule has 1 rings (SSSR count). The van der Waals surface area contributed by atoms with E-state index < -0.39 is 0 Å². The molecule has 0 aromatic carbocycles. The molecule has 0 aliphatic carbocycles. The van der Waals surface area contributed by atoms with Gasteiger partial charge in [-0.2, -0.15) is 0 Å². The Balaban J connectivity index is 0. The molecular formula is C18H31NO3. The van der Waals surface area contributed by atoms with E-state index in [4.69, 9.17) is 9.15 Å². The highest BCUT2D eigenvalue weighted by atomic mass is 16.5. The number of hydrogen-bond acceptors (Lipinski definition) is 4. The van der Waals surface area contributed by atoms with Gasteiger partial charge in [-0.25, -0.2) is 4.98 Å². The second-order valence-electron chi connectivity index (χ2n) is 4.45. The van der Waals surface area contributed by atoms with Crippen LogP contribution in [0.5, 0.6) is 0 Å². The quantitative estimate of drug-likeness (QED) is 0.559. The summed E-state index contributed by atoms with van der Waals surface area (Å²) in [6, 6.07) is 0.